The van der Waals surface area contributed by atoms with Gasteiger partial charge in [0.15, 0.2) is 15.5 Å². The van der Waals surface area contributed by atoms with E-state index in [0.717, 1.165) is 16.0 Å². The second kappa shape index (κ2) is 11.6. The van der Waals surface area contributed by atoms with Crippen molar-refractivity contribution in [3.8, 4) is 11.1 Å². The minimum absolute atomic E-state index is 0.0358. The average Bonchev–Trinajstić information content (AvgIpc) is 3.33. The maximum atomic E-state index is 15.6. The summed E-state index contributed by atoms with van der Waals surface area (Å²) >= 11 is 6.45. The van der Waals surface area contributed by atoms with Crippen LogP contribution in [0, 0.1) is 0 Å². The van der Waals surface area contributed by atoms with Crippen LogP contribution in [0.3, 0.4) is 0 Å². The Morgan fingerprint density at radius 2 is 1.75 bits per heavy atom. The van der Waals surface area contributed by atoms with Gasteiger partial charge in [0.2, 0.25) is 15.9 Å². The maximum Gasteiger partial charge on any atom is 0.258 e. The Morgan fingerprint density at radius 1 is 1.07 bits per heavy atom. The van der Waals surface area contributed by atoms with Crippen LogP contribution in [-0.4, -0.2) is 70.6 Å². The van der Waals surface area contributed by atoms with E-state index in [1.54, 1.807) is 41.3 Å². The number of piperidine rings is 1. The quantitative estimate of drug-likeness (QED) is 0.486. The van der Waals surface area contributed by atoms with Crippen molar-refractivity contribution >= 4 is 49.0 Å². The number of amides is 2. The van der Waals surface area contributed by atoms with Crippen LogP contribution in [0.5, 0.6) is 0 Å². The molecule has 1 atom stereocenters. The number of alkyl halides is 1. The van der Waals surface area contributed by atoms with E-state index in [9.17, 15) is 26.4 Å². The number of halogens is 2. The molecule has 2 aromatic rings. The Kier molecular flexibility index (Phi) is 8.74. The first-order chi connectivity index (χ1) is 18.7. The molecular formula is C27H31ClFN3O6S2. The molecule has 216 valence electrons. The van der Waals surface area contributed by atoms with E-state index >= 15 is 4.39 Å². The summed E-state index contributed by atoms with van der Waals surface area (Å²) < 4.78 is 67.0. The molecule has 0 bridgehead atoms. The van der Waals surface area contributed by atoms with Crippen molar-refractivity contribution < 1.29 is 30.8 Å². The van der Waals surface area contributed by atoms with Crippen LogP contribution >= 0.6 is 11.6 Å². The fourth-order valence-corrected chi connectivity index (χ4v) is 7.20. The lowest BCUT2D eigenvalue weighted by atomic mass is 9.93. The number of rotatable bonds is 8. The highest BCUT2D eigenvalue weighted by atomic mass is 35.5. The lowest BCUT2D eigenvalue weighted by Gasteiger charge is -2.35. The van der Waals surface area contributed by atoms with Gasteiger partial charge in [0.25, 0.3) is 5.91 Å². The Bertz CT molecular complexity index is 1550. The van der Waals surface area contributed by atoms with E-state index in [1.807, 2.05) is 0 Å². The molecule has 2 fully saturated rings. The van der Waals surface area contributed by atoms with E-state index in [-0.39, 0.29) is 36.7 Å². The zero-order chi connectivity index (χ0) is 29.3. The smallest absolute Gasteiger partial charge is 0.258 e. The number of sulfone groups is 1. The summed E-state index contributed by atoms with van der Waals surface area (Å²) in [5, 5.41) is 3.71. The number of nitrogens with zero attached hydrogens (tertiary/aromatic N) is 2. The first-order valence-corrected chi connectivity index (χ1v) is 16.6. The number of hydrogen-bond acceptors (Lipinski definition) is 6. The molecule has 0 unspecified atom stereocenters. The number of benzene rings is 2. The molecule has 0 aromatic heterocycles. The van der Waals surface area contributed by atoms with Crippen LogP contribution in [0.25, 0.3) is 11.1 Å². The van der Waals surface area contributed by atoms with Crippen LogP contribution in [0.4, 0.5) is 10.1 Å². The minimum atomic E-state index is -4.14. The van der Waals surface area contributed by atoms with E-state index < -0.39 is 37.5 Å². The Labute approximate surface area is 239 Å². The fourth-order valence-electron chi connectivity index (χ4n) is 4.81. The van der Waals surface area contributed by atoms with E-state index in [0.29, 0.717) is 41.2 Å². The fraction of sp³-hybridized carbons (Fsp3) is 0.407. The van der Waals surface area contributed by atoms with Gasteiger partial charge in [0.05, 0.1) is 4.90 Å². The van der Waals surface area contributed by atoms with Crippen LogP contribution in [0.1, 0.15) is 32.6 Å². The highest BCUT2D eigenvalue weighted by Crippen LogP contribution is 2.39. The minimum Gasteiger partial charge on any atom is -0.347 e. The Morgan fingerprint density at radius 3 is 2.35 bits per heavy atom. The summed E-state index contributed by atoms with van der Waals surface area (Å²) in [7, 11) is -7.55. The zero-order valence-electron chi connectivity index (χ0n) is 22.1. The Balaban J connectivity index is 1.58. The molecule has 2 amide bonds. The molecule has 13 heteroatoms. The van der Waals surface area contributed by atoms with Gasteiger partial charge in [-0.3, -0.25) is 9.59 Å². The molecule has 9 nitrogen and oxygen atoms in total. The summed E-state index contributed by atoms with van der Waals surface area (Å²) in [5.74, 6) is -0.970. The van der Waals surface area contributed by atoms with E-state index in [2.05, 4.69) is 5.32 Å². The van der Waals surface area contributed by atoms with Gasteiger partial charge in [-0.25, -0.2) is 21.2 Å². The molecule has 2 aliphatic rings. The van der Waals surface area contributed by atoms with Crippen LogP contribution < -0.4 is 10.2 Å². The molecule has 0 aliphatic carbocycles. The summed E-state index contributed by atoms with van der Waals surface area (Å²) in [6.07, 6.45) is 2.62. The molecule has 0 radical (unpaired) electrons. The molecule has 2 aromatic carbocycles. The largest absolute Gasteiger partial charge is 0.347 e. The van der Waals surface area contributed by atoms with Gasteiger partial charge in [-0.1, -0.05) is 35.9 Å². The predicted octanol–water partition coefficient (Wildman–Crippen LogP) is 3.69. The van der Waals surface area contributed by atoms with Gasteiger partial charge >= 0.3 is 0 Å². The summed E-state index contributed by atoms with van der Waals surface area (Å²) in [6, 6.07) is 10.7. The van der Waals surface area contributed by atoms with Crippen molar-refractivity contribution in [2.45, 2.75) is 49.2 Å². The second-order valence-electron chi connectivity index (χ2n) is 10.1. The number of anilines is 1. The molecule has 0 spiro atoms. The summed E-state index contributed by atoms with van der Waals surface area (Å²) in [5.41, 5.74) is -0.952. The molecule has 0 saturated carbocycles. The monoisotopic (exact) mass is 611 g/mol. The molecule has 2 aliphatic heterocycles. The average molecular weight is 612 g/mol. The normalized spacial score (nSPS) is 19.2. The van der Waals surface area contributed by atoms with Crippen molar-refractivity contribution in [3.63, 3.8) is 0 Å². The van der Waals surface area contributed by atoms with Gasteiger partial charge < -0.3 is 10.2 Å². The van der Waals surface area contributed by atoms with Crippen molar-refractivity contribution in [2.24, 2.45) is 0 Å². The van der Waals surface area contributed by atoms with Crippen molar-refractivity contribution in [1.82, 2.24) is 9.62 Å². The van der Waals surface area contributed by atoms with Gasteiger partial charge in [0, 0.05) is 78.4 Å². The van der Waals surface area contributed by atoms with Crippen LogP contribution in [0.15, 0.2) is 58.8 Å². The van der Waals surface area contributed by atoms with Gasteiger partial charge in [-0.05, 0) is 37.6 Å². The van der Waals surface area contributed by atoms with Crippen molar-refractivity contribution in [2.75, 3.05) is 30.8 Å². The lowest BCUT2D eigenvalue weighted by Crippen LogP contribution is -2.53. The highest BCUT2D eigenvalue weighted by Gasteiger charge is 2.45. The molecule has 2 heterocycles. The first kappa shape index (κ1) is 30.2. The van der Waals surface area contributed by atoms with Gasteiger partial charge in [0.1, 0.15) is 0 Å². The highest BCUT2D eigenvalue weighted by molar-refractivity contribution is 7.93. The van der Waals surface area contributed by atoms with Crippen molar-refractivity contribution in [1.29, 1.82) is 0 Å². The second-order valence-corrected chi connectivity index (χ2v) is 14.3. The number of nitrogens with one attached hydrogen (secondary N) is 1. The van der Waals surface area contributed by atoms with Crippen molar-refractivity contribution in [3.05, 3.63) is 59.0 Å². The molecular weight excluding hydrogens is 581 g/mol. The zero-order valence-corrected chi connectivity index (χ0v) is 24.5. The first-order valence-electron chi connectivity index (χ1n) is 12.8. The predicted molar refractivity (Wildman–Crippen MR) is 152 cm³/mol. The SMILES string of the molecule is C[C@H](/C=C\S(C)(=O)=O)NC(=O)C1(F)CCN(S(=O)(=O)c2ccc(N3CCCC3=O)cc2-c2ccccc2Cl)CC1. The van der Waals surface area contributed by atoms with Gasteiger partial charge in [-0.15, -0.1) is 0 Å². The Hall–Kier alpha value is -2.80. The van der Waals surface area contributed by atoms with E-state index in [4.69, 9.17) is 11.6 Å². The number of hydrogen-bond donors (Lipinski definition) is 1. The standard InChI is InChI=1S/C27H31ClFN3O6S2/c1-19(11-17-39(2,35)36)30-26(34)27(29)12-15-31(16-13-27)40(37,38)24-10-9-20(32-14-5-8-25(32)33)18-22(24)21-6-3-4-7-23(21)28/h3-4,6-7,9-11,17-19H,5,8,12-16H2,1-2H3,(H,30,34)/b17-11-/t19-/m1/s1. The number of carbonyl (C=O) groups excluding carboxylic acids is 2. The third-order valence-corrected chi connectivity index (χ3v) is 9.96. The van der Waals surface area contributed by atoms with Crippen LogP contribution in [-0.2, 0) is 29.4 Å². The summed E-state index contributed by atoms with van der Waals surface area (Å²) in [4.78, 5) is 26.6. The number of carbonyl (C=O) groups is 2. The number of sulfonamides is 1. The molecule has 2 saturated heterocycles. The molecule has 1 N–H and O–H groups in total. The molecule has 4 rings (SSSR count). The van der Waals surface area contributed by atoms with Gasteiger partial charge in [-0.2, -0.15) is 4.31 Å². The maximum absolute atomic E-state index is 15.6. The topological polar surface area (TPSA) is 121 Å². The summed E-state index contributed by atoms with van der Waals surface area (Å²) in [6.45, 7) is 1.56. The lowest BCUT2D eigenvalue weighted by molar-refractivity contribution is -0.135. The third kappa shape index (κ3) is 6.56. The van der Waals surface area contributed by atoms with E-state index in [1.165, 1.54) is 19.1 Å². The van der Waals surface area contributed by atoms with Crippen LogP contribution in [0.2, 0.25) is 5.02 Å². The third-order valence-electron chi connectivity index (χ3n) is 7.03. The molecule has 40 heavy (non-hydrogen) atoms.